The van der Waals surface area contributed by atoms with E-state index in [0.717, 1.165) is 19.6 Å². The molecule has 0 aliphatic carbocycles. The zero-order chi connectivity index (χ0) is 9.26. The highest BCUT2D eigenvalue weighted by Gasteiger charge is 2.32. The maximum absolute atomic E-state index is 11.8. The highest BCUT2D eigenvalue weighted by atomic mass is 16.5. The molecule has 2 rings (SSSR count). The normalized spacial score (nSPS) is 29.9. The summed E-state index contributed by atoms with van der Waals surface area (Å²) in [6, 6.07) is 0.252. The monoisotopic (exact) mass is 184 g/mol. The number of carbonyl (C=O) groups excluding carboxylic acids is 1. The molecule has 0 spiro atoms. The Hall–Kier alpha value is -0.610. The van der Waals surface area contributed by atoms with Crippen LogP contribution in [0.25, 0.3) is 0 Å². The molecule has 13 heavy (non-hydrogen) atoms. The zero-order valence-corrected chi connectivity index (χ0v) is 7.95. The first-order valence-electron chi connectivity index (χ1n) is 4.88. The molecule has 1 amide bonds. The van der Waals surface area contributed by atoms with Crippen LogP contribution in [0.2, 0.25) is 0 Å². The summed E-state index contributed by atoms with van der Waals surface area (Å²) >= 11 is 0. The van der Waals surface area contributed by atoms with E-state index in [-0.39, 0.29) is 12.0 Å². The van der Waals surface area contributed by atoms with Crippen LogP contribution >= 0.6 is 0 Å². The van der Waals surface area contributed by atoms with Crippen molar-refractivity contribution in [2.75, 3.05) is 32.8 Å². The third kappa shape index (κ3) is 1.69. The van der Waals surface area contributed by atoms with E-state index in [1.165, 1.54) is 0 Å². The second-order valence-corrected chi connectivity index (χ2v) is 3.81. The second-order valence-electron chi connectivity index (χ2n) is 3.81. The number of ether oxygens (including phenoxy) is 1. The Bertz CT molecular complexity index is 204. The number of nitrogens with one attached hydrogen (secondary N) is 1. The van der Waals surface area contributed by atoms with Gasteiger partial charge in [0.1, 0.15) is 0 Å². The summed E-state index contributed by atoms with van der Waals surface area (Å²) < 4.78 is 5.28. The van der Waals surface area contributed by atoms with Crippen LogP contribution in [0.5, 0.6) is 0 Å². The van der Waals surface area contributed by atoms with Gasteiger partial charge in [0, 0.05) is 19.6 Å². The van der Waals surface area contributed by atoms with Gasteiger partial charge < -0.3 is 15.0 Å². The third-order valence-corrected chi connectivity index (χ3v) is 2.78. The molecule has 2 saturated heterocycles. The Balaban J connectivity index is 1.93. The fraction of sp³-hybridized carbons (Fsp3) is 0.889. The van der Waals surface area contributed by atoms with Crippen LogP contribution in [-0.4, -0.2) is 49.7 Å². The number of amides is 1. The Labute approximate surface area is 78.2 Å². The first kappa shape index (κ1) is 8.97. The van der Waals surface area contributed by atoms with E-state index in [9.17, 15) is 4.79 Å². The van der Waals surface area contributed by atoms with Crippen molar-refractivity contribution in [1.82, 2.24) is 10.2 Å². The van der Waals surface area contributed by atoms with Crippen LogP contribution < -0.4 is 5.32 Å². The van der Waals surface area contributed by atoms with Crippen LogP contribution in [0, 0.1) is 5.92 Å². The number of rotatable bonds is 1. The SMILES string of the molecule is CC1COCCN1C(=O)C1CNC1. The number of morpholine rings is 1. The van der Waals surface area contributed by atoms with Gasteiger partial charge in [0.2, 0.25) is 5.91 Å². The topological polar surface area (TPSA) is 41.6 Å². The van der Waals surface area contributed by atoms with E-state index in [4.69, 9.17) is 4.74 Å². The standard InChI is InChI=1S/C9H16N2O2/c1-7-6-13-3-2-11(7)9(12)8-4-10-5-8/h7-8,10H,2-6H2,1H3. The Morgan fingerprint density at radius 2 is 2.31 bits per heavy atom. The highest BCUT2D eigenvalue weighted by molar-refractivity contribution is 5.80. The van der Waals surface area contributed by atoms with Crippen molar-refractivity contribution in [3.05, 3.63) is 0 Å². The Morgan fingerprint density at radius 1 is 1.54 bits per heavy atom. The van der Waals surface area contributed by atoms with Crippen LogP contribution in [0.15, 0.2) is 0 Å². The minimum Gasteiger partial charge on any atom is -0.377 e. The van der Waals surface area contributed by atoms with Crippen molar-refractivity contribution in [3.63, 3.8) is 0 Å². The molecular weight excluding hydrogens is 168 g/mol. The summed E-state index contributed by atoms with van der Waals surface area (Å²) in [5.41, 5.74) is 0. The van der Waals surface area contributed by atoms with E-state index < -0.39 is 0 Å². The fourth-order valence-corrected chi connectivity index (χ4v) is 1.75. The smallest absolute Gasteiger partial charge is 0.228 e. The molecule has 0 aromatic rings. The lowest BCUT2D eigenvalue weighted by atomic mass is 10.0. The Kier molecular flexibility index (Phi) is 2.51. The average molecular weight is 184 g/mol. The summed E-state index contributed by atoms with van der Waals surface area (Å²) in [6.07, 6.45) is 0. The number of carbonyl (C=O) groups is 1. The van der Waals surface area contributed by atoms with Crippen LogP contribution in [-0.2, 0) is 9.53 Å². The van der Waals surface area contributed by atoms with E-state index in [1.54, 1.807) is 0 Å². The first-order chi connectivity index (χ1) is 6.29. The second kappa shape index (κ2) is 3.64. The Morgan fingerprint density at radius 3 is 2.85 bits per heavy atom. The van der Waals surface area contributed by atoms with Crippen LogP contribution in [0.4, 0.5) is 0 Å². The molecule has 1 atom stereocenters. The maximum Gasteiger partial charge on any atom is 0.228 e. The van der Waals surface area contributed by atoms with E-state index in [2.05, 4.69) is 5.32 Å². The van der Waals surface area contributed by atoms with Crippen molar-refractivity contribution < 1.29 is 9.53 Å². The predicted molar refractivity (Wildman–Crippen MR) is 48.4 cm³/mol. The minimum atomic E-state index is 0.223. The van der Waals surface area contributed by atoms with E-state index >= 15 is 0 Å². The van der Waals surface area contributed by atoms with Crippen molar-refractivity contribution in [3.8, 4) is 0 Å². The number of hydrogen-bond acceptors (Lipinski definition) is 3. The molecule has 0 aromatic carbocycles. The van der Waals surface area contributed by atoms with Gasteiger partial charge in [-0.15, -0.1) is 0 Å². The molecular formula is C9H16N2O2. The fourth-order valence-electron chi connectivity index (χ4n) is 1.75. The summed E-state index contributed by atoms with van der Waals surface area (Å²) in [7, 11) is 0. The van der Waals surface area contributed by atoms with Gasteiger partial charge in [-0.25, -0.2) is 0 Å². The van der Waals surface area contributed by atoms with E-state index in [0.29, 0.717) is 19.1 Å². The summed E-state index contributed by atoms with van der Waals surface area (Å²) in [5.74, 6) is 0.523. The largest absolute Gasteiger partial charge is 0.377 e. The lowest BCUT2D eigenvalue weighted by molar-refractivity contribution is -0.145. The molecule has 0 bridgehead atoms. The van der Waals surface area contributed by atoms with E-state index in [1.807, 2.05) is 11.8 Å². The summed E-state index contributed by atoms with van der Waals surface area (Å²) in [5, 5.41) is 3.12. The summed E-state index contributed by atoms with van der Waals surface area (Å²) in [4.78, 5) is 13.8. The lowest BCUT2D eigenvalue weighted by Gasteiger charge is -2.38. The molecule has 0 saturated carbocycles. The van der Waals surface area contributed by atoms with Crippen LogP contribution in [0.3, 0.4) is 0 Å². The van der Waals surface area contributed by atoms with Gasteiger partial charge >= 0.3 is 0 Å². The van der Waals surface area contributed by atoms with Crippen molar-refractivity contribution in [2.24, 2.45) is 5.92 Å². The van der Waals surface area contributed by atoms with Gasteiger partial charge in [0.25, 0.3) is 0 Å². The van der Waals surface area contributed by atoms with Crippen molar-refractivity contribution in [2.45, 2.75) is 13.0 Å². The lowest BCUT2D eigenvalue weighted by Crippen LogP contribution is -2.56. The molecule has 1 N–H and O–H groups in total. The molecule has 2 aliphatic heterocycles. The molecule has 2 aliphatic rings. The molecule has 0 aromatic heterocycles. The molecule has 2 heterocycles. The first-order valence-corrected chi connectivity index (χ1v) is 4.88. The van der Waals surface area contributed by atoms with Crippen LogP contribution in [0.1, 0.15) is 6.92 Å². The van der Waals surface area contributed by atoms with Gasteiger partial charge in [-0.2, -0.15) is 0 Å². The minimum absolute atomic E-state index is 0.223. The van der Waals surface area contributed by atoms with Gasteiger partial charge in [0.05, 0.1) is 25.2 Å². The van der Waals surface area contributed by atoms with Gasteiger partial charge in [-0.1, -0.05) is 0 Å². The number of hydrogen-bond donors (Lipinski definition) is 1. The molecule has 1 unspecified atom stereocenters. The molecule has 4 nitrogen and oxygen atoms in total. The third-order valence-electron chi connectivity index (χ3n) is 2.78. The molecule has 4 heteroatoms. The zero-order valence-electron chi connectivity index (χ0n) is 7.95. The molecule has 74 valence electrons. The molecule has 0 radical (unpaired) electrons. The maximum atomic E-state index is 11.8. The quantitative estimate of drug-likeness (QED) is 0.594. The van der Waals surface area contributed by atoms with Crippen molar-refractivity contribution >= 4 is 5.91 Å². The number of nitrogens with zero attached hydrogens (tertiary/aromatic N) is 1. The van der Waals surface area contributed by atoms with Crippen molar-refractivity contribution in [1.29, 1.82) is 0 Å². The average Bonchev–Trinajstić information content (AvgIpc) is 2.01. The highest BCUT2D eigenvalue weighted by Crippen LogP contribution is 2.13. The summed E-state index contributed by atoms with van der Waals surface area (Å²) in [6.45, 7) is 5.88. The van der Waals surface area contributed by atoms with Gasteiger partial charge in [-0.05, 0) is 6.92 Å². The van der Waals surface area contributed by atoms with Gasteiger partial charge in [0.15, 0.2) is 0 Å². The van der Waals surface area contributed by atoms with Gasteiger partial charge in [-0.3, -0.25) is 4.79 Å². The molecule has 2 fully saturated rings. The predicted octanol–water partition coefficient (Wildman–Crippen LogP) is -0.547.